The summed E-state index contributed by atoms with van der Waals surface area (Å²) in [5.74, 6) is 0.528. The predicted molar refractivity (Wildman–Crippen MR) is 98.2 cm³/mol. The summed E-state index contributed by atoms with van der Waals surface area (Å²) in [6, 6.07) is 3.10. The maximum Gasteiger partial charge on any atom is 0.319 e. The molecular formula is C16H15BrFN7O2. The van der Waals surface area contributed by atoms with E-state index in [4.69, 9.17) is 4.74 Å². The van der Waals surface area contributed by atoms with Crippen molar-refractivity contribution < 1.29 is 13.9 Å². The first-order chi connectivity index (χ1) is 13.0. The van der Waals surface area contributed by atoms with Crippen LogP contribution in [0.3, 0.4) is 0 Å². The highest BCUT2D eigenvalue weighted by molar-refractivity contribution is 9.10. The molecule has 1 unspecified atom stereocenters. The standard InChI is InChI=1S/C16H15BrFN7O2/c1-9(14-21-8-22-25(14)15-19-4-3-5-20-15)23-16(26)24-12-7-13(27-2)10(17)6-11(12)18/h3-9H,1-2H3,(H2,23,24,26). The summed E-state index contributed by atoms with van der Waals surface area (Å²) < 4.78 is 21.0. The molecule has 0 spiro atoms. The van der Waals surface area contributed by atoms with Crippen LogP contribution >= 0.6 is 15.9 Å². The molecule has 0 aliphatic heterocycles. The predicted octanol–water partition coefficient (Wildman–Crippen LogP) is 2.85. The molecule has 11 heteroatoms. The zero-order chi connectivity index (χ0) is 19.4. The molecule has 0 fully saturated rings. The van der Waals surface area contributed by atoms with Gasteiger partial charge in [0.2, 0.25) is 0 Å². The second-order valence-electron chi connectivity index (χ2n) is 5.37. The average Bonchev–Trinajstić information content (AvgIpc) is 3.14. The zero-order valence-electron chi connectivity index (χ0n) is 14.3. The zero-order valence-corrected chi connectivity index (χ0v) is 15.9. The van der Waals surface area contributed by atoms with Crippen molar-refractivity contribution in [3.05, 3.63) is 53.0 Å². The highest BCUT2D eigenvalue weighted by Crippen LogP contribution is 2.30. The number of nitrogens with one attached hydrogen (secondary N) is 2. The summed E-state index contributed by atoms with van der Waals surface area (Å²) in [6.07, 6.45) is 4.48. The normalized spacial score (nSPS) is 11.7. The third-order valence-corrected chi connectivity index (χ3v) is 4.16. The van der Waals surface area contributed by atoms with Crippen LogP contribution in [-0.2, 0) is 0 Å². The Labute approximate surface area is 162 Å². The monoisotopic (exact) mass is 435 g/mol. The lowest BCUT2D eigenvalue weighted by Crippen LogP contribution is -2.33. The number of aromatic nitrogens is 5. The van der Waals surface area contributed by atoms with E-state index in [2.05, 4.69) is 46.6 Å². The molecule has 1 aromatic carbocycles. The number of methoxy groups -OCH3 is 1. The van der Waals surface area contributed by atoms with Crippen molar-refractivity contribution in [2.75, 3.05) is 12.4 Å². The first-order valence-corrected chi connectivity index (χ1v) is 8.56. The number of halogens is 2. The van der Waals surface area contributed by atoms with E-state index in [-0.39, 0.29) is 5.69 Å². The Hall–Kier alpha value is -3.08. The van der Waals surface area contributed by atoms with Crippen molar-refractivity contribution >= 4 is 27.6 Å². The number of anilines is 1. The van der Waals surface area contributed by atoms with Gasteiger partial charge in [-0.05, 0) is 35.0 Å². The molecule has 0 aliphatic carbocycles. The number of benzene rings is 1. The summed E-state index contributed by atoms with van der Waals surface area (Å²) in [5, 5.41) is 9.19. The van der Waals surface area contributed by atoms with Gasteiger partial charge in [0.15, 0.2) is 5.82 Å². The molecule has 0 saturated carbocycles. The summed E-state index contributed by atoms with van der Waals surface area (Å²) in [6.45, 7) is 1.71. The van der Waals surface area contributed by atoms with E-state index >= 15 is 0 Å². The van der Waals surface area contributed by atoms with E-state index in [0.29, 0.717) is 22.0 Å². The highest BCUT2D eigenvalue weighted by Gasteiger charge is 2.19. The molecule has 0 aliphatic rings. The third-order valence-electron chi connectivity index (χ3n) is 3.54. The molecule has 9 nitrogen and oxygen atoms in total. The Balaban J connectivity index is 1.73. The minimum absolute atomic E-state index is 0.0207. The summed E-state index contributed by atoms with van der Waals surface area (Å²) in [5.41, 5.74) is -0.0207. The van der Waals surface area contributed by atoms with Crippen molar-refractivity contribution in [2.24, 2.45) is 0 Å². The topological polar surface area (TPSA) is 107 Å². The molecule has 3 rings (SSSR count). The van der Waals surface area contributed by atoms with Gasteiger partial charge in [0, 0.05) is 18.5 Å². The van der Waals surface area contributed by atoms with Crippen molar-refractivity contribution in [1.29, 1.82) is 0 Å². The van der Waals surface area contributed by atoms with E-state index in [0.717, 1.165) is 0 Å². The fourth-order valence-electron chi connectivity index (χ4n) is 2.30. The molecule has 0 radical (unpaired) electrons. The van der Waals surface area contributed by atoms with Crippen LogP contribution in [0.15, 0.2) is 41.4 Å². The second kappa shape index (κ2) is 8.08. The minimum atomic E-state index is -0.616. The third kappa shape index (κ3) is 4.19. The number of carbonyl (C=O) groups excluding carboxylic acids is 1. The van der Waals surface area contributed by atoms with Crippen LogP contribution in [0.4, 0.5) is 14.9 Å². The highest BCUT2D eigenvalue weighted by atomic mass is 79.9. The maximum absolute atomic E-state index is 14.1. The first kappa shape index (κ1) is 18.7. The smallest absolute Gasteiger partial charge is 0.319 e. The molecule has 3 aromatic rings. The molecule has 0 bridgehead atoms. The van der Waals surface area contributed by atoms with Crippen LogP contribution in [0.2, 0.25) is 0 Å². The Bertz CT molecular complexity index is 951. The lowest BCUT2D eigenvalue weighted by Gasteiger charge is -2.15. The number of carbonyl (C=O) groups is 1. The Morgan fingerprint density at radius 3 is 2.74 bits per heavy atom. The fourth-order valence-corrected chi connectivity index (χ4v) is 2.78. The molecule has 27 heavy (non-hydrogen) atoms. The number of amides is 2. The quantitative estimate of drug-likeness (QED) is 0.637. The van der Waals surface area contributed by atoms with Gasteiger partial charge < -0.3 is 15.4 Å². The van der Waals surface area contributed by atoms with Crippen LogP contribution in [0.1, 0.15) is 18.8 Å². The maximum atomic E-state index is 14.1. The SMILES string of the molecule is COc1cc(NC(=O)NC(C)c2ncnn2-c2ncccn2)c(F)cc1Br. The van der Waals surface area contributed by atoms with Crippen LogP contribution in [0.5, 0.6) is 5.75 Å². The largest absolute Gasteiger partial charge is 0.495 e. The van der Waals surface area contributed by atoms with Gasteiger partial charge in [0.05, 0.1) is 23.3 Å². The van der Waals surface area contributed by atoms with Gasteiger partial charge in [-0.3, -0.25) is 0 Å². The molecular weight excluding hydrogens is 421 g/mol. The Morgan fingerprint density at radius 1 is 1.30 bits per heavy atom. The van der Waals surface area contributed by atoms with E-state index in [1.807, 2.05) is 0 Å². The lowest BCUT2D eigenvalue weighted by molar-refractivity contribution is 0.248. The minimum Gasteiger partial charge on any atom is -0.495 e. The van der Waals surface area contributed by atoms with Gasteiger partial charge in [0.25, 0.3) is 5.95 Å². The molecule has 2 heterocycles. The second-order valence-corrected chi connectivity index (χ2v) is 6.22. The van der Waals surface area contributed by atoms with Crippen LogP contribution in [0.25, 0.3) is 5.95 Å². The van der Waals surface area contributed by atoms with E-state index in [1.165, 1.54) is 30.3 Å². The van der Waals surface area contributed by atoms with E-state index in [9.17, 15) is 9.18 Å². The van der Waals surface area contributed by atoms with Crippen molar-refractivity contribution in [3.8, 4) is 11.7 Å². The van der Waals surface area contributed by atoms with E-state index < -0.39 is 17.9 Å². The van der Waals surface area contributed by atoms with Crippen LogP contribution in [-0.4, -0.2) is 37.9 Å². The first-order valence-electron chi connectivity index (χ1n) is 7.77. The lowest BCUT2D eigenvalue weighted by atomic mass is 10.3. The van der Waals surface area contributed by atoms with Crippen LogP contribution in [0, 0.1) is 5.82 Å². The van der Waals surface area contributed by atoms with Gasteiger partial charge in [-0.1, -0.05) is 0 Å². The molecule has 1 atom stereocenters. The fraction of sp³-hybridized carbons (Fsp3) is 0.188. The Morgan fingerprint density at radius 2 is 2.04 bits per heavy atom. The summed E-state index contributed by atoms with van der Waals surface area (Å²) in [7, 11) is 1.45. The van der Waals surface area contributed by atoms with Gasteiger partial charge in [-0.25, -0.2) is 24.1 Å². The van der Waals surface area contributed by atoms with Crippen molar-refractivity contribution in [2.45, 2.75) is 13.0 Å². The van der Waals surface area contributed by atoms with Crippen LogP contribution < -0.4 is 15.4 Å². The van der Waals surface area contributed by atoms with E-state index in [1.54, 1.807) is 25.4 Å². The van der Waals surface area contributed by atoms with Gasteiger partial charge >= 0.3 is 6.03 Å². The van der Waals surface area contributed by atoms with Gasteiger partial charge in [-0.2, -0.15) is 9.78 Å². The summed E-state index contributed by atoms with van der Waals surface area (Å²) in [4.78, 5) is 24.6. The number of rotatable bonds is 5. The van der Waals surface area contributed by atoms with Gasteiger partial charge in [0.1, 0.15) is 17.9 Å². The molecule has 2 aromatic heterocycles. The van der Waals surface area contributed by atoms with Gasteiger partial charge in [-0.15, -0.1) is 0 Å². The molecule has 140 valence electrons. The number of urea groups is 1. The number of hydrogen-bond donors (Lipinski definition) is 2. The van der Waals surface area contributed by atoms with Crippen molar-refractivity contribution in [3.63, 3.8) is 0 Å². The Kier molecular flexibility index (Phi) is 5.60. The number of nitrogens with zero attached hydrogens (tertiary/aromatic N) is 5. The number of ether oxygens (including phenoxy) is 1. The summed E-state index contributed by atoms with van der Waals surface area (Å²) >= 11 is 3.18. The van der Waals surface area contributed by atoms with Crippen molar-refractivity contribution in [1.82, 2.24) is 30.0 Å². The average molecular weight is 436 g/mol. The molecule has 2 N–H and O–H groups in total. The molecule has 0 saturated heterocycles. The number of hydrogen-bond acceptors (Lipinski definition) is 6. The molecule has 2 amide bonds.